The van der Waals surface area contributed by atoms with Crippen molar-refractivity contribution < 1.29 is 23.1 Å². The molecule has 8 nitrogen and oxygen atoms in total. The summed E-state index contributed by atoms with van der Waals surface area (Å²) in [4.78, 5) is 25.1. The summed E-state index contributed by atoms with van der Waals surface area (Å²) in [5.74, 6) is -1.25. The molecule has 0 aliphatic carbocycles. The number of aliphatic carboxylic acids is 1. The van der Waals surface area contributed by atoms with Gasteiger partial charge >= 0.3 is 5.97 Å². The number of amides is 1. The third-order valence-corrected chi connectivity index (χ3v) is 6.32. The Bertz CT molecular complexity index is 715. The van der Waals surface area contributed by atoms with Gasteiger partial charge < -0.3 is 10.4 Å². The molecule has 0 bridgehead atoms. The van der Waals surface area contributed by atoms with Gasteiger partial charge in [0.05, 0.1) is 18.8 Å². The van der Waals surface area contributed by atoms with Crippen LogP contribution in [-0.2, 0) is 19.6 Å². The SMILES string of the molecule is CCS(=O)(=O)N1CCC(N(CC(=O)O)CC(=O)Nc2ccccc2)CC1. The molecule has 26 heavy (non-hydrogen) atoms. The van der Waals surface area contributed by atoms with Gasteiger partial charge in [-0.05, 0) is 31.9 Å². The summed E-state index contributed by atoms with van der Waals surface area (Å²) in [6.45, 7) is 1.99. The standard InChI is InChI=1S/C17H25N3O5S/c1-2-26(24,25)20-10-8-15(9-11-20)19(13-17(22)23)12-16(21)18-14-6-4-3-5-7-14/h3-7,15H,2,8-13H2,1H3,(H,18,21)(H,22,23). The van der Waals surface area contributed by atoms with Crippen LogP contribution in [0, 0.1) is 0 Å². The summed E-state index contributed by atoms with van der Waals surface area (Å²) in [6.07, 6.45) is 1.01. The summed E-state index contributed by atoms with van der Waals surface area (Å²) in [6, 6.07) is 8.81. The van der Waals surface area contributed by atoms with E-state index in [9.17, 15) is 18.0 Å². The third kappa shape index (κ3) is 5.79. The van der Waals surface area contributed by atoms with E-state index in [0.717, 1.165) is 0 Å². The maximum Gasteiger partial charge on any atom is 0.317 e. The topological polar surface area (TPSA) is 107 Å². The van der Waals surface area contributed by atoms with Gasteiger partial charge in [-0.25, -0.2) is 12.7 Å². The van der Waals surface area contributed by atoms with E-state index >= 15 is 0 Å². The minimum atomic E-state index is -3.24. The maximum atomic E-state index is 12.3. The minimum absolute atomic E-state index is 0.0492. The molecule has 1 heterocycles. The van der Waals surface area contributed by atoms with Gasteiger partial charge in [0.1, 0.15) is 0 Å². The van der Waals surface area contributed by atoms with E-state index in [1.807, 2.05) is 6.07 Å². The van der Waals surface area contributed by atoms with Crippen molar-refractivity contribution in [2.75, 3.05) is 37.2 Å². The van der Waals surface area contributed by atoms with Crippen molar-refractivity contribution in [2.45, 2.75) is 25.8 Å². The van der Waals surface area contributed by atoms with E-state index in [2.05, 4.69) is 5.32 Å². The van der Waals surface area contributed by atoms with Crippen molar-refractivity contribution in [3.8, 4) is 0 Å². The Morgan fingerprint density at radius 2 is 1.81 bits per heavy atom. The fourth-order valence-electron chi connectivity index (χ4n) is 3.06. The molecule has 1 aromatic rings. The molecule has 0 atom stereocenters. The normalized spacial score (nSPS) is 16.5. The lowest BCUT2D eigenvalue weighted by molar-refractivity contribution is -0.139. The van der Waals surface area contributed by atoms with Crippen LogP contribution >= 0.6 is 0 Å². The van der Waals surface area contributed by atoms with Crippen LogP contribution in [0.5, 0.6) is 0 Å². The number of carboxylic acids is 1. The number of para-hydroxylation sites is 1. The van der Waals surface area contributed by atoms with Gasteiger partial charge in [0.15, 0.2) is 0 Å². The van der Waals surface area contributed by atoms with Crippen molar-refractivity contribution in [3.63, 3.8) is 0 Å². The Labute approximate surface area is 153 Å². The largest absolute Gasteiger partial charge is 0.480 e. The lowest BCUT2D eigenvalue weighted by Crippen LogP contribution is -2.50. The molecular weight excluding hydrogens is 358 g/mol. The number of sulfonamides is 1. The molecule has 1 fully saturated rings. The number of anilines is 1. The van der Waals surface area contributed by atoms with Crippen LogP contribution in [0.15, 0.2) is 30.3 Å². The molecular formula is C17H25N3O5S. The molecule has 0 unspecified atom stereocenters. The number of hydrogen-bond acceptors (Lipinski definition) is 5. The predicted molar refractivity (Wildman–Crippen MR) is 98.3 cm³/mol. The second-order valence-electron chi connectivity index (χ2n) is 6.24. The molecule has 0 spiro atoms. The van der Waals surface area contributed by atoms with Crippen molar-refractivity contribution in [2.24, 2.45) is 0 Å². The Morgan fingerprint density at radius 3 is 2.35 bits per heavy atom. The summed E-state index contributed by atoms with van der Waals surface area (Å²) in [5, 5.41) is 11.9. The zero-order valence-electron chi connectivity index (χ0n) is 14.8. The van der Waals surface area contributed by atoms with Gasteiger partial charge in [0, 0.05) is 24.8 Å². The first-order valence-corrected chi connectivity index (χ1v) is 10.2. The van der Waals surface area contributed by atoms with Crippen molar-refractivity contribution in [1.82, 2.24) is 9.21 Å². The molecule has 1 aliphatic heterocycles. The molecule has 144 valence electrons. The van der Waals surface area contributed by atoms with Crippen molar-refractivity contribution in [3.05, 3.63) is 30.3 Å². The molecule has 1 amide bonds. The molecule has 2 rings (SSSR count). The lowest BCUT2D eigenvalue weighted by Gasteiger charge is -2.36. The first-order valence-electron chi connectivity index (χ1n) is 8.60. The maximum absolute atomic E-state index is 12.3. The fourth-order valence-corrected chi connectivity index (χ4v) is 4.19. The summed E-state index contributed by atoms with van der Waals surface area (Å²) >= 11 is 0. The van der Waals surface area contributed by atoms with E-state index < -0.39 is 16.0 Å². The van der Waals surface area contributed by atoms with Gasteiger partial charge in [0.25, 0.3) is 0 Å². The summed E-state index contributed by atoms with van der Waals surface area (Å²) < 4.78 is 25.3. The van der Waals surface area contributed by atoms with Crippen molar-refractivity contribution >= 4 is 27.6 Å². The number of carbonyl (C=O) groups excluding carboxylic acids is 1. The molecule has 2 N–H and O–H groups in total. The predicted octanol–water partition coefficient (Wildman–Crippen LogP) is 0.826. The number of piperidine rings is 1. The highest BCUT2D eigenvalue weighted by Crippen LogP contribution is 2.19. The molecule has 1 aliphatic rings. The van der Waals surface area contributed by atoms with Crippen LogP contribution < -0.4 is 5.32 Å². The summed E-state index contributed by atoms with van der Waals surface area (Å²) in [5.41, 5.74) is 0.650. The third-order valence-electron chi connectivity index (χ3n) is 4.44. The number of benzene rings is 1. The average molecular weight is 383 g/mol. The number of hydrogen-bond donors (Lipinski definition) is 2. The first kappa shape index (κ1) is 20.3. The van der Waals surface area contributed by atoms with Gasteiger partial charge in [-0.3, -0.25) is 14.5 Å². The monoisotopic (exact) mass is 383 g/mol. The molecule has 0 radical (unpaired) electrons. The number of carboxylic acid groups (broad SMARTS) is 1. The van der Waals surface area contributed by atoms with Gasteiger partial charge in [-0.2, -0.15) is 0 Å². The Hall–Kier alpha value is -1.97. The number of nitrogens with one attached hydrogen (secondary N) is 1. The van der Waals surface area contributed by atoms with Crippen LogP contribution in [0.3, 0.4) is 0 Å². The lowest BCUT2D eigenvalue weighted by atomic mass is 10.0. The number of rotatable bonds is 8. The zero-order valence-corrected chi connectivity index (χ0v) is 15.6. The van der Waals surface area contributed by atoms with Crippen LogP contribution in [0.1, 0.15) is 19.8 Å². The fraction of sp³-hybridized carbons (Fsp3) is 0.529. The summed E-state index contributed by atoms with van der Waals surface area (Å²) in [7, 11) is -3.24. The van der Waals surface area contributed by atoms with Crippen LogP contribution in [0.4, 0.5) is 5.69 Å². The second kappa shape index (κ2) is 9.11. The average Bonchev–Trinajstić information content (AvgIpc) is 2.61. The van der Waals surface area contributed by atoms with E-state index in [4.69, 9.17) is 5.11 Å². The van der Waals surface area contributed by atoms with Gasteiger partial charge in [0.2, 0.25) is 15.9 Å². The van der Waals surface area contributed by atoms with Crippen LogP contribution in [0.25, 0.3) is 0 Å². The zero-order chi connectivity index (χ0) is 19.2. The number of nitrogens with zero attached hydrogens (tertiary/aromatic N) is 2. The highest BCUT2D eigenvalue weighted by Gasteiger charge is 2.31. The first-order chi connectivity index (χ1) is 12.3. The molecule has 1 aromatic carbocycles. The van der Waals surface area contributed by atoms with E-state index in [-0.39, 0.29) is 30.8 Å². The quantitative estimate of drug-likeness (QED) is 0.688. The van der Waals surface area contributed by atoms with Gasteiger partial charge in [-0.1, -0.05) is 18.2 Å². The Morgan fingerprint density at radius 1 is 1.19 bits per heavy atom. The highest BCUT2D eigenvalue weighted by molar-refractivity contribution is 7.89. The highest BCUT2D eigenvalue weighted by atomic mass is 32.2. The molecule has 1 saturated heterocycles. The van der Waals surface area contributed by atoms with Crippen molar-refractivity contribution in [1.29, 1.82) is 0 Å². The van der Waals surface area contributed by atoms with Crippen LogP contribution in [-0.4, -0.2) is 72.6 Å². The molecule has 9 heteroatoms. The molecule has 0 saturated carbocycles. The van der Waals surface area contributed by atoms with Crippen LogP contribution in [0.2, 0.25) is 0 Å². The Balaban J connectivity index is 1.97. The van der Waals surface area contributed by atoms with E-state index in [1.54, 1.807) is 36.1 Å². The minimum Gasteiger partial charge on any atom is -0.480 e. The van der Waals surface area contributed by atoms with E-state index in [0.29, 0.717) is 31.6 Å². The second-order valence-corrected chi connectivity index (χ2v) is 8.50. The molecule has 0 aromatic heterocycles. The van der Waals surface area contributed by atoms with Gasteiger partial charge in [-0.15, -0.1) is 0 Å². The Kier molecular flexibility index (Phi) is 7.13. The van der Waals surface area contributed by atoms with E-state index in [1.165, 1.54) is 4.31 Å². The number of carbonyl (C=O) groups is 2. The smallest absolute Gasteiger partial charge is 0.317 e.